The standard InChI is InChI=1S/C19H21N5O7S2/c20-16(25)9-14-18-13(15-10-23(14)19(27)24(15)31-33(28,29)30)7-12(32-18)8-17(26)22-6-3-11-1-4-21-5-2-11/h1-2,4-5,7,14-15H,3,6,8-10H2,(H2,20,25)(H,22,26)(H,28,29,30). The van der Waals surface area contributed by atoms with E-state index in [1.807, 2.05) is 12.1 Å². The number of nitrogens with zero attached hydrogens (tertiary/aromatic N) is 3. The van der Waals surface area contributed by atoms with Crippen molar-refractivity contribution >= 4 is 39.6 Å². The highest BCUT2D eigenvalue weighted by Gasteiger charge is 2.51. The van der Waals surface area contributed by atoms with Crippen LogP contribution in [0.2, 0.25) is 0 Å². The predicted octanol–water partition coefficient (Wildman–Crippen LogP) is 0.488. The Morgan fingerprint density at radius 1 is 1.33 bits per heavy atom. The molecule has 0 aromatic carbocycles. The summed E-state index contributed by atoms with van der Waals surface area (Å²) in [5, 5.41) is 3.42. The fraction of sp³-hybridized carbons (Fsp3) is 0.368. The number of hydrogen-bond donors (Lipinski definition) is 3. The Bertz CT molecular complexity index is 1180. The van der Waals surface area contributed by atoms with Gasteiger partial charge in [-0.3, -0.25) is 19.1 Å². The van der Waals surface area contributed by atoms with Gasteiger partial charge < -0.3 is 16.0 Å². The summed E-state index contributed by atoms with van der Waals surface area (Å²) < 4.78 is 36.0. The zero-order valence-corrected chi connectivity index (χ0v) is 18.8. The number of hydrogen-bond acceptors (Lipinski definition) is 8. The molecule has 4 rings (SSSR count). The van der Waals surface area contributed by atoms with Gasteiger partial charge in [0.1, 0.15) is 6.04 Å². The van der Waals surface area contributed by atoms with Crippen molar-refractivity contribution in [1.29, 1.82) is 0 Å². The maximum absolute atomic E-state index is 12.7. The van der Waals surface area contributed by atoms with Gasteiger partial charge in [0, 0.05) is 28.7 Å². The van der Waals surface area contributed by atoms with Gasteiger partial charge in [-0.2, -0.15) is 13.5 Å². The molecule has 1 saturated heterocycles. The SMILES string of the molecule is NC(=O)CC1c2sc(CC(=O)NCCc3ccncc3)cc2C2CN1C(=O)N2OS(=O)(=O)O. The van der Waals surface area contributed by atoms with Gasteiger partial charge in [0.15, 0.2) is 0 Å². The molecule has 0 saturated carbocycles. The van der Waals surface area contributed by atoms with Crippen LogP contribution in [0.25, 0.3) is 0 Å². The maximum atomic E-state index is 12.7. The highest BCUT2D eigenvalue weighted by Crippen LogP contribution is 2.48. The molecule has 2 aromatic rings. The van der Waals surface area contributed by atoms with E-state index in [4.69, 9.17) is 10.3 Å². The molecule has 12 nitrogen and oxygen atoms in total. The second kappa shape index (κ2) is 9.05. The monoisotopic (exact) mass is 495 g/mol. The molecule has 0 spiro atoms. The average Bonchev–Trinajstić information content (AvgIpc) is 3.26. The number of hydroxylamine groups is 2. The topological polar surface area (TPSA) is 172 Å². The van der Waals surface area contributed by atoms with Crippen molar-refractivity contribution in [3.05, 3.63) is 51.5 Å². The molecule has 2 aromatic heterocycles. The Morgan fingerprint density at radius 2 is 2.06 bits per heavy atom. The summed E-state index contributed by atoms with van der Waals surface area (Å²) in [5.74, 6) is -0.850. The fourth-order valence-electron chi connectivity index (χ4n) is 4.00. The highest BCUT2D eigenvalue weighted by molar-refractivity contribution is 7.80. The lowest BCUT2D eigenvalue weighted by Crippen LogP contribution is -2.36. The number of thiophene rings is 1. The summed E-state index contributed by atoms with van der Waals surface area (Å²) in [7, 11) is -4.95. The zero-order valence-electron chi connectivity index (χ0n) is 17.2. The van der Waals surface area contributed by atoms with Crippen LogP contribution in [-0.4, -0.2) is 58.9 Å². The van der Waals surface area contributed by atoms with Crippen molar-refractivity contribution in [3.8, 4) is 0 Å². The van der Waals surface area contributed by atoms with Crippen molar-refractivity contribution in [2.75, 3.05) is 13.1 Å². The van der Waals surface area contributed by atoms with Crippen molar-refractivity contribution in [1.82, 2.24) is 20.3 Å². The van der Waals surface area contributed by atoms with Gasteiger partial charge in [-0.1, -0.05) is 0 Å². The molecular formula is C19H21N5O7S2. The van der Waals surface area contributed by atoms with Crippen LogP contribution in [0.5, 0.6) is 0 Å². The molecule has 1 fully saturated rings. The van der Waals surface area contributed by atoms with E-state index in [0.29, 0.717) is 33.3 Å². The van der Waals surface area contributed by atoms with E-state index in [1.165, 1.54) is 16.2 Å². The lowest BCUT2D eigenvalue weighted by atomic mass is 9.97. The number of primary amides is 1. The molecule has 0 aliphatic carbocycles. The van der Waals surface area contributed by atoms with Gasteiger partial charge in [-0.15, -0.1) is 15.6 Å². The Morgan fingerprint density at radius 3 is 2.73 bits per heavy atom. The quantitative estimate of drug-likeness (QED) is 0.422. The van der Waals surface area contributed by atoms with Gasteiger partial charge in [0.25, 0.3) is 0 Å². The number of nitrogens with two attached hydrogens (primary N) is 1. The fourth-order valence-corrected chi connectivity index (χ4v) is 5.70. The summed E-state index contributed by atoms with van der Waals surface area (Å²) in [5.41, 5.74) is 6.96. The van der Waals surface area contributed by atoms with Crippen LogP contribution in [0.4, 0.5) is 4.79 Å². The number of carbonyl (C=O) groups excluding carboxylic acids is 3. The lowest BCUT2D eigenvalue weighted by Gasteiger charge is -2.29. The van der Waals surface area contributed by atoms with Crippen LogP contribution >= 0.6 is 11.3 Å². The molecule has 2 atom stereocenters. The summed E-state index contributed by atoms with van der Waals surface area (Å²) in [6, 6.07) is 3.08. The van der Waals surface area contributed by atoms with Crippen molar-refractivity contribution < 1.29 is 31.6 Å². The number of urea groups is 1. The maximum Gasteiger partial charge on any atom is 0.418 e. The Hall–Kier alpha value is -3.07. The molecule has 0 radical (unpaired) electrons. The van der Waals surface area contributed by atoms with Crippen molar-refractivity contribution in [2.45, 2.75) is 31.3 Å². The van der Waals surface area contributed by atoms with Crippen LogP contribution in [0.3, 0.4) is 0 Å². The highest BCUT2D eigenvalue weighted by atomic mass is 32.3. The van der Waals surface area contributed by atoms with Crippen molar-refractivity contribution in [3.63, 3.8) is 0 Å². The van der Waals surface area contributed by atoms with Gasteiger partial charge in [0.2, 0.25) is 11.8 Å². The first-order valence-electron chi connectivity index (χ1n) is 9.95. The number of pyridine rings is 1. The minimum absolute atomic E-state index is 0.0492. The van der Waals surface area contributed by atoms with E-state index in [-0.39, 0.29) is 25.3 Å². The molecule has 4 heterocycles. The largest absolute Gasteiger partial charge is 0.418 e. The van der Waals surface area contributed by atoms with E-state index in [9.17, 15) is 22.8 Å². The Kier molecular flexibility index (Phi) is 6.34. The van der Waals surface area contributed by atoms with Crippen LogP contribution < -0.4 is 11.1 Å². The first-order valence-corrected chi connectivity index (χ1v) is 12.1. The minimum Gasteiger partial charge on any atom is -0.370 e. The first-order chi connectivity index (χ1) is 15.6. The molecule has 14 heteroatoms. The van der Waals surface area contributed by atoms with Gasteiger partial charge in [-0.25, -0.2) is 4.79 Å². The molecule has 4 amide bonds. The molecule has 4 N–H and O–H groups in total. The molecule has 2 bridgehead atoms. The normalized spacial score (nSPS) is 19.5. The molecular weight excluding hydrogens is 474 g/mol. The summed E-state index contributed by atoms with van der Waals surface area (Å²) >= 11 is 1.25. The average molecular weight is 496 g/mol. The number of nitrogens with one attached hydrogen (secondary N) is 1. The third-order valence-corrected chi connectivity index (χ3v) is 6.96. The van der Waals surface area contributed by atoms with Gasteiger partial charge in [-0.05, 0) is 35.7 Å². The summed E-state index contributed by atoms with van der Waals surface area (Å²) in [4.78, 5) is 43.2. The number of fused-ring (bicyclic) bond motifs is 4. The molecule has 176 valence electrons. The third kappa shape index (κ3) is 5.13. The lowest BCUT2D eigenvalue weighted by molar-refractivity contribution is -0.120. The van der Waals surface area contributed by atoms with E-state index < -0.39 is 34.4 Å². The second-order valence-electron chi connectivity index (χ2n) is 7.63. The number of carbonyl (C=O) groups is 3. The Balaban J connectivity index is 1.51. The van der Waals surface area contributed by atoms with Gasteiger partial charge >= 0.3 is 16.4 Å². The zero-order chi connectivity index (χ0) is 23.8. The van der Waals surface area contributed by atoms with Crippen molar-refractivity contribution in [2.24, 2.45) is 5.73 Å². The number of rotatable bonds is 9. The molecule has 33 heavy (non-hydrogen) atoms. The van der Waals surface area contributed by atoms with Gasteiger partial charge in [0.05, 0.1) is 25.4 Å². The first kappa shape index (κ1) is 23.1. The molecule has 2 unspecified atom stereocenters. The van der Waals surface area contributed by atoms with Crippen LogP contribution in [0.1, 0.15) is 39.4 Å². The van der Waals surface area contributed by atoms with E-state index in [2.05, 4.69) is 14.6 Å². The number of aromatic nitrogens is 1. The third-order valence-electron chi connectivity index (χ3n) is 5.36. The van der Waals surface area contributed by atoms with E-state index >= 15 is 0 Å². The smallest absolute Gasteiger partial charge is 0.370 e. The summed E-state index contributed by atoms with van der Waals surface area (Å²) in [6.45, 7) is 0.493. The Labute approximate surface area is 193 Å². The minimum atomic E-state index is -4.95. The van der Waals surface area contributed by atoms with E-state index in [1.54, 1.807) is 18.5 Å². The van der Waals surface area contributed by atoms with E-state index in [0.717, 1.165) is 5.56 Å². The summed E-state index contributed by atoms with van der Waals surface area (Å²) in [6.07, 6.45) is 3.90. The molecule has 2 aliphatic rings. The van der Waals surface area contributed by atoms with Crippen LogP contribution in [0.15, 0.2) is 30.6 Å². The molecule has 2 aliphatic heterocycles. The number of amides is 4. The second-order valence-corrected chi connectivity index (χ2v) is 9.80. The predicted molar refractivity (Wildman–Crippen MR) is 115 cm³/mol. The van der Waals surface area contributed by atoms with Crippen LogP contribution in [-0.2, 0) is 37.1 Å². The van der Waals surface area contributed by atoms with Crippen LogP contribution in [0, 0.1) is 0 Å².